The van der Waals surface area contributed by atoms with E-state index in [2.05, 4.69) is 4.74 Å². The van der Waals surface area contributed by atoms with Crippen LogP contribution in [-0.2, 0) is 20.9 Å². The molecule has 1 atom stereocenters. The number of hydrogen-bond donors (Lipinski definition) is 1. The Kier molecular flexibility index (Phi) is 4.24. The van der Waals surface area contributed by atoms with Crippen molar-refractivity contribution in [3.05, 3.63) is 35.9 Å². The summed E-state index contributed by atoms with van der Waals surface area (Å²) in [5.41, 5.74) is -1.08. The fraction of sp³-hybridized carbons (Fsp3) is 0.429. The number of rotatable bonds is 3. The van der Waals surface area contributed by atoms with E-state index in [0.717, 1.165) is 10.5 Å². The predicted molar refractivity (Wildman–Crippen MR) is 69.5 cm³/mol. The molecular weight excluding hydrogens is 262 g/mol. The van der Waals surface area contributed by atoms with Gasteiger partial charge in [-0.15, -0.1) is 0 Å². The standard InChI is InChI=1S/C14H17NO5/c1-19-12(16)14(18)8-5-9-15(14)13(17)20-10-11-6-3-2-4-7-11/h2-4,6-7,18H,5,8-10H2,1H3/t14-/m1/s1. The Bertz CT molecular complexity index is 490. The molecule has 2 rings (SSSR count). The zero-order valence-electron chi connectivity index (χ0n) is 11.2. The topological polar surface area (TPSA) is 76.1 Å². The number of nitrogens with zero attached hydrogens (tertiary/aromatic N) is 1. The number of aliphatic hydroxyl groups is 1. The zero-order valence-corrected chi connectivity index (χ0v) is 11.2. The summed E-state index contributed by atoms with van der Waals surface area (Å²) in [4.78, 5) is 24.6. The first-order chi connectivity index (χ1) is 9.58. The van der Waals surface area contributed by atoms with E-state index in [1.807, 2.05) is 30.3 Å². The number of likely N-dealkylation sites (tertiary alicyclic amines) is 1. The summed E-state index contributed by atoms with van der Waals surface area (Å²) in [6.07, 6.45) is -0.0501. The molecular formula is C14H17NO5. The van der Waals surface area contributed by atoms with Crippen LogP contribution in [0, 0.1) is 0 Å². The second kappa shape index (κ2) is 5.92. The number of carbonyl (C=O) groups is 2. The molecule has 0 aliphatic carbocycles. The molecule has 6 heteroatoms. The molecule has 0 radical (unpaired) electrons. The van der Waals surface area contributed by atoms with Crippen LogP contribution < -0.4 is 0 Å². The highest BCUT2D eigenvalue weighted by Gasteiger charge is 2.50. The minimum atomic E-state index is -1.91. The van der Waals surface area contributed by atoms with Crippen molar-refractivity contribution in [3.63, 3.8) is 0 Å². The molecule has 1 fully saturated rings. The van der Waals surface area contributed by atoms with Gasteiger partial charge in [-0.1, -0.05) is 30.3 Å². The third kappa shape index (κ3) is 2.75. The van der Waals surface area contributed by atoms with Crippen LogP contribution in [0.1, 0.15) is 18.4 Å². The molecule has 0 aromatic heterocycles. The van der Waals surface area contributed by atoms with E-state index in [0.29, 0.717) is 6.42 Å². The van der Waals surface area contributed by atoms with E-state index >= 15 is 0 Å². The van der Waals surface area contributed by atoms with Crippen LogP contribution in [0.25, 0.3) is 0 Å². The fourth-order valence-corrected chi connectivity index (χ4v) is 2.22. The summed E-state index contributed by atoms with van der Waals surface area (Å²) in [6, 6.07) is 9.18. The number of benzene rings is 1. The van der Waals surface area contributed by atoms with Gasteiger partial charge in [-0.05, 0) is 12.0 Å². The molecule has 1 N–H and O–H groups in total. The maximum absolute atomic E-state index is 12.0. The third-order valence-corrected chi connectivity index (χ3v) is 3.29. The molecule has 1 aromatic carbocycles. The Morgan fingerprint density at radius 2 is 2.05 bits per heavy atom. The average Bonchev–Trinajstić information content (AvgIpc) is 2.88. The molecule has 108 valence electrons. The highest BCUT2D eigenvalue weighted by atomic mass is 16.6. The van der Waals surface area contributed by atoms with E-state index in [9.17, 15) is 14.7 Å². The van der Waals surface area contributed by atoms with Gasteiger partial charge in [0.1, 0.15) is 6.61 Å². The number of esters is 1. The summed E-state index contributed by atoms with van der Waals surface area (Å²) in [5.74, 6) is -0.841. The highest BCUT2D eigenvalue weighted by Crippen LogP contribution is 2.28. The van der Waals surface area contributed by atoms with Gasteiger partial charge in [-0.3, -0.25) is 4.90 Å². The molecule has 1 saturated heterocycles. The van der Waals surface area contributed by atoms with Crippen molar-refractivity contribution >= 4 is 12.1 Å². The van der Waals surface area contributed by atoms with Gasteiger partial charge < -0.3 is 14.6 Å². The minimum Gasteiger partial charge on any atom is -0.465 e. The van der Waals surface area contributed by atoms with Crippen molar-refractivity contribution in [1.29, 1.82) is 0 Å². The largest absolute Gasteiger partial charge is 0.465 e. The Balaban J connectivity index is 2.00. The van der Waals surface area contributed by atoms with Crippen LogP contribution in [-0.4, -0.2) is 41.4 Å². The Hall–Kier alpha value is -2.08. The molecule has 0 saturated carbocycles. The molecule has 1 amide bonds. The lowest BCUT2D eigenvalue weighted by molar-refractivity contribution is -0.177. The van der Waals surface area contributed by atoms with E-state index in [1.54, 1.807) is 0 Å². The molecule has 0 bridgehead atoms. The first-order valence-electron chi connectivity index (χ1n) is 6.37. The minimum absolute atomic E-state index is 0.0907. The zero-order chi connectivity index (χ0) is 14.6. The van der Waals surface area contributed by atoms with E-state index in [-0.39, 0.29) is 19.6 Å². The maximum Gasteiger partial charge on any atom is 0.412 e. The summed E-state index contributed by atoms with van der Waals surface area (Å²) < 4.78 is 9.66. The van der Waals surface area contributed by atoms with Crippen molar-refractivity contribution in [1.82, 2.24) is 4.90 Å². The molecule has 0 spiro atoms. The molecule has 1 aromatic rings. The number of carbonyl (C=O) groups excluding carboxylic acids is 2. The number of ether oxygens (including phenoxy) is 2. The molecule has 6 nitrogen and oxygen atoms in total. The summed E-state index contributed by atoms with van der Waals surface area (Å²) >= 11 is 0. The van der Waals surface area contributed by atoms with Crippen LogP contribution in [0.15, 0.2) is 30.3 Å². The summed E-state index contributed by atoms with van der Waals surface area (Å²) in [5, 5.41) is 10.2. The van der Waals surface area contributed by atoms with Crippen molar-refractivity contribution in [3.8, 4) is 0 Å². The van der Waals surface area contributed by atoms with E-state index in [1.165, 1.54) is 7.11 Å². The SMILES string of the molecule is COC(=O)[C@]1(O)CCCN1C(=O)OCc1ccccc1. The average molecular weight is 279 g/mol. The van der Waals surface area contributed by atoms with Crippen molar-refractivity contribution in [2.45, 2.75) is 25.2 Å². The first kappa shape index (κ1) is 14.3. The van der Waals surface area contributed by atoms with E-state index in [4.69, 9.17) is 4.74 Å². The number of amides is 1. The summed E-state index contributed by atoms with van der Waals surface area (Å²) in [6.45, 7) is 0.354. The second-order valence-corrected chi connectivity index (χ2v) is 4.60. The molecule has 0 unspecified atom stereocenters. The smallest absolute Gasteiger partial charge is 0.412 e. The van der Waals surface area contributed by atoms with Crippen molar-refractivity contribution < 1.29 is 24.2 Å². The van der Waals surface area contributed by atoms with Crippen LogP contribution >= 0.6 is 0 Å². The lowest BCUT2D eigenvalue weighted by Crippen LogP contribution is -2.53. The lowest BCUT2D eigenvalue weighted by Gasteiger charge is -2.29. The van der Waals surface area contributed by atoms with Gasteiger partial charge in [0.2, 0.25) is 5.72 Å². The quantitative estimate of drug-likeness (QED) is 0.843. The van der Waals surface area contributed by atoms with Crippen molar-refractivity contribution in [2.75, 3.05) is 13.7 Å². The van der Waals surface area contributed by atoms with Gasteiger partial charge in [0.15, 0.2) is 0 Å². The fourth-order valence-electron chi connectivity index (χ4n) is 2.22. The van der Waals surface area contributed by atoms with Gasteiger partial charge in [0.05, 0.1) is 7.11 Å². The van der Waals surface area contributed by atoms with Crippen LogP contribution in [0.2, 0.25) is 0 Å². The van der Waals surface area contributed by atoms with Gasteiger partial charge in [0.25, 0.3) is 0 Å². The molecule has 1 aliphatic heterocycles. The predicted octanol–water partition coefficient (Wildman–Crippen LogP) is 1.28. The van der Waals surface area contributed by atoms with E-state index < -0.39 is 17.8 Å². The summed E-state index contributed by atoms with van der Waals surface area (Å²) in [7, 11) is 1.17. The monoisotopic (exact) mass is 279 g/mol. The first-order valence-corrected chi connectivity index (χ1v) is 6.37. The van der Waals surface area contributed by atoms with Gasteiger partial charge in [-0.2, -0.15) is 0 Å². The van der Waals surface area contributed by atoms with Crippen molar-refractivity contribution in [2.24, 2.45) is 0 Å². The van der Waals surface area contributed by atoms with Gasteiger partial charge >= 0.3 is 12.1 Å². The second-order valence-electron chi connectivity index (χ2n) is 4.60. The maximum atomic E-state index is 12.0. The van der Waals surface area contributed by atoms with Gasteiger partial charge in [-0.25, -0.2) is 9.59 Å². The molecule has 1 aliphatic rings. The Morgan fingerprint density at radius 1 is 1.35 bits per heavy atom. The highest BCUT2D eigenvalue weighted by molar-refractivity contribution is 5.84. The third-order valence-electron chi connectivity index (χ3n) is 3.29. The van der Waals surface area contributed by atoms with Gasteiger partial charge in [0, 0.05) is 13.0 Å². The lowest BCUT2D eigenvalue weighted by atomic mass is 10.1. The number of hydrogen-bond acceptors (Lipinski definition) is 5. The van der Waals surface area contributed by atoms with Crippen LogP contribution in [0.5, 0.6) is 0 Å². The Labute approximate surface area is 116 Å². The molecule has 1 heterocycles. The molecule has 20 heavy (non-hydrogen) atoms. The Morgan fingerprint density at radius 3 is 2.70 bits per heavy atom. The van der Waals surface area contributed by atoms with Crippen LogP contribution in [0.3, 0.4) is 0 Å². The number of methoxy groups -OCH3 is 1. The van der Waals surface area contributed by atoms with Crippen LogP contribution in [0.4, 0.5) is 4.79 Å². The normalized spacial score (nSPS) is 21.6.